The summed E-state index contributed by atoms with van der Waals surface area (Å²) < 4.78 is 31.6. The molecule has 0 aliphatic rings. The van der Waals surface area contributed by atoms with Crippen molar-refractivity contribution in [2.24, 2.45) is 0 Å². The van der Waals surface area contributed by atoms with Crippen LogP contribution < -0.4 is 4.31 Å². The van der Waals surface area contributed by atoms with Crippen molar-refractivity contribution in [3.8, 4) is 0 Å². The van der Waals surface area contributed by atoms with Crippen LogP contribution in [0, 0.1) is 0 Å². The second-order valence-corrected chi connectivity index (χ2v) is 7.10. The quantitative estimate of drug-likeness (QED) is 0.807. The predicted octanol–water partition coefficient (Wildman–Crippen LogP) is 2.05. The van der Waals surface area contributed by atoms with Crippen LogP contribution in [-0.4, -0.2) is 39.3 Å². The molecule has 0 heterocycles. The highest BCUT2D eigenvalue weighted by Gasteiger charge is 2.26. The van der Waals surface area contributed by atoms with Gasteiger partial charge in [0.2, 0.25) is 0 Å². The zero-order valence-electron chi connectivity index (χ0n) is 13.4. The number of aliphatic hydroxyl groups excluding tert-OH is 1. The summed E-state index contributed by atoms with van der Waals surface area (Å²) in [6.07, 6.45) is -0.839. The topological polar surface area (TPSA) is 83.9 Å². The largest absolute Gasteiger partial charge is 0.465 e. The van der Waals surface area contributed by atoms with E-state index in [1.807, 2.05) is 0 Å². The molecule has 0 aliphatic carbocycles. The lowest BCUT2D eigenvalue weighted by molar-refractivity contribution is 0.0600. The second kappa shape index (κ2) is 7.46. The third kappa shape index (κ3) is 3.93. The Morgan fingerprint density at radius 1 is 1.12 bits per heavy atom. The number of rotatable bonds is 6. The first-order valence-corrected chi connectivity index (χ1v) is 8.74. The van der Waals surface area contributed by atoms with Crippen molar-refractivity contribution in [1.82, 2.24) is 0 Å². The lowest BCUT2D eigenvalue weighted by Crippen LogP contribution is -2.36. The molecule has 0 saturated heterocycles. The van der Waals surface area contributed by atoms with E-state index < -0.39 is 22.1 Å². The summed E-state index contributed by atoms with van der Waals surface area (Å²) in [4.78, 5) is 11.5. The first kappa shape index (κ1) is 18.0. The number of nitrogens with zero attached hydrogens (tertiary/aromatic N) is 1. The van der Waals surface area contributed by atoms with Crippen LogP contribution in [0.25, 0.3) is 0 Å². The molecule has 0 bridgehead atoms. The maximum Gasteiger partial charge on any atom is 0.337 e. The summed E-state index contributed by atoms with van der Waals surface area (Å²) in [5.74, 6) is -0.539. The fourth-order valence-corrected chi connectivity index (χ4v) is 3.73. The van der Waals surface area contributed by atoms with Crippen LogP contribution in [0.2, 0.25) is 0 Å². The van der Waals surface area contributed by atoms with Gasteiger partial charge in [0.25, 0.3) is 10.0 Å². The van der Waals surface area contributed by atoms with Gasteiger partial charge in [0.1, 0.15) is 0 Å². The minimum atomic E-state index is -3.88. The minimum absolute atomic E-state index is 0.0275. The second-order valence-electron chi connectivity index (χ2n) is 5.24. The Morgan fingerprint density at radius 2 is 1.71 bits per heavy atom. The number of sulfonamides is 1. The summed E-state index contributed by atoms with van der Waals surface area (Å²) >= 11 is 0. The zero-order valence-corrected chi connectivity index (χ0v) is 14.2. The number of carbonyl (C=O) groups excluding carboxylic acids is 1. The molecule has 0 saturated carbocycles. The Bertz CT molecular complexity index is 785. The van der Waals surface area contributed by atoms with Crippen molar-refractivity contribution in [1.29, 1.82) is 0 Å². The number of hydrogen-bond donors (Lipinski definition) is 1. The third-order valence-electron chi connectivity index (χ3n) is 3.34. The highest BCUT2D eigenvalue weighted by atomic mass is 32.2. The fraction of sp³-hybridized carbons (Fsp3) is 0.235. The number of hydrogen-bond acceptors (Lipinski definition) is 5. The maximum atomic E-state index is 12.9. The number of anilines is 1. The van der Waals surface area contributed by atoms with Crippen molar-refractivity contribution in [2.75, 3.05) is 18.0 Å². The lowest BCUT2D eigenvalue weighted by Gasteiger charge is -2.25. The minimum Gasteiger partial charge on any atom is -0.465 e. The van der Waals surface area contributed by atoms with E-state index in [0.29, 0.717) is 5.69 Å². The molecular formula is C17H19NO5S. The van der Waals surface area contributed by atoms with Gasteiger partial charge in [0.15, 0.2) is 0 Å². The van der Waals surface area contributed by atoms with Crippen LogP contribution in [0.15, 0.2) is 59.5 Å². The summed E-state index contributed by atoms with van der Waals surface area (Å²) in [5.41, 5.74) is 0.716. The molecule has 0 aliphatic heterocycles. The first-order chi connectivity index (χ1) is 11.4. The number of esters is 1. The molecule has 2 rings (SSSR count). The standard InChI is InChI=1S/C17H19NO5S/c1-13(19)12-18(15-6-4-3-5-7-15)24(21,22)16-10-8-14(9-11-16)17(20)23-2/h3-11,13,19H,12H2,1-2H3/t13-/m0/s1. The van der Waals surface area contributed by atoms with Gasteiger partial charge in [-0.3, -0.25) is 4.31 Å². The van der Waals surface area contributed by atoms with Crippen LogP contribution >= 0.6 is 0 Å². The molecule has 0 radical (unpaired) electrons. The molecule has 2 aromatic carbocycles. The third-order valence-corrected chi connectivity index (χ3v) is 5.15. The number of aliphatic hydroxyl groups is 1. The molecule has 1 N–H and O–H groups in total. The molecule has 0 unspecified atom stereocenters. The van der Waals surface area contributed by atoms with E-state index in [4.69, 9.17) is 0 Å². The van der Waals surface area contributed by atoms with Crippen LogP contribution in [0.1, 0.15) is 17.3 Å². The van der Waals surface area contributed by atoms with E-state index >= 15 is 0 Å². The van der Waals surface area contributed by atoms with Crippen LogP contribution in [0.5, 0.6) is 0 Å². The van der Waals surface area contributed by atoms with Crippen molar-refractivity contribution in [2.45, 2.75) is 17.9 Å². The highest BCUT2D eigenvalue weighted by molar-refractivity contribution is 7.92. The Balaban J connectivity index is 2.42. The van der Waals surface area contributed by atoms with Gasteiger partial charge < -0.3 is 9.84 Å². The number of para-hydroxylation sites is 1. The van der Waals surface area contributed by atoms with Crippen molar-refractivity contribution < 1.29 is 23.1 Å². The average Bonchev–Trinajstić information content (AvgIpc) is 2.59. The molecule has 0 spiro atoms. The van der Waals surface area contributed by atoms with Gasteiger partial charge in [-0.2, -0.15) is 0 Å². The molecule has 0 amide bonds. The normalized spacial score (nSPS) is 12.5. The van der Waals surface area contributed by atoms with Gasteiger partial charge in [-0.05, 0) is 43.3 Å². The van der Waals surface area contributed by atoms with Gasteiger partial charge in [-0.15, -0.1) is 0 Å². The molecule has 24 heavy (non-hydrogen) atoms. The molecule has 2 aromatic rings. The van der Waals surface area contributed by atoms with Crippen LogP contribution in [0.3, 0.4) is 0 Å². The highest BCUT2D eigenvalue weighted by Crippen LogP contribution is 2.24. The number of benzene rings is 2. The zero-order chi connectivity index (χ0) is 17.7. The van der Waals surface area contributed by atoms with Crippen LogP contribution in [-0.2, 0) is 14.8 Å². The van der Waals surface area contributed by atoms with Crippen molar-refractivity contribution in [3.63, 3.8) is 0 Å². The van der Waals surface area contributed by atoms with Crippen molar-refractivity contribution in [3.05, 3.63) is 60.2 Å². The number of ether oxygens (including phenoxy) is 1. The van der Waals surface area contributed by atoms with Gasteiger partial charge in [0, 0.05) is 0 Å². The molecular weight excluding hydrogens is 330 g/mol. The molecule has 0 fully saturated rings. The van der Waals surface area contributed by atoms with E-state index in [1.54, 1.807) is 30.3 Å². The van der Waals surface area contributed by atoms with E-state index in [1.165, 1.54) is 38.3 Å². The monoisotopic (exact) mass is 349 g/mol. The molecule has 1 atom stereocenters. The molecule has 0 aromatic heterocycles. The summed E-state index contributed by atoms with van der Waals surface area (Å²) in [7, 11) is -2.62. The molecule has 7 heteroatoms. The van der Waals surface area contributed by atoms with Gasteiger partial charge >= 0.3 is 5.97 Å². The first-order valence-electron chi connectivity index (χ1n) is 7.30. The summed E-state index contributed by atoms with van der Waals surface area (Å²) in [6.45, 7) is 1.44. The Kier molecular flexibility index (Phi) is 5.58. The van der Waals surface area contributed by atoms with E-state index in [2.05, 4.69) is 4.74 Å². The molecule has 6 nitrogen and oxygen atoms in total. The maximum absolute atomic E-state index is 12.9. The average molecular weight is 349 g/mol. The van der Waals surface area contributed by atoms with E-state index in [0.717, 1.165) is 4.31 Å². The smallest absolute Gasteiger partial charge is 0.337 e. The molecule has 128 valence electrons. The lowest BCUT2D eigenvalue weighted by atomic mass is 10.2. The predicted molar refractivity (Wildman–Crippen MR) is 90.4 cm³/mol. The SMILES string of the molecule is COC(=O)c1ccc(S(=O)(=O)N(C[C@H](C)O)c2ccccc2)cc1. The number of carbonyl (C=O) groups is 1. The van der Waals surface area contributed by atoms with E-state index in [9.17, 15) is 18.3 Å². The van der Waals surface area contributed by atoms with Gasteiger partial charge in [0.05, 0.1) is 35.9 Å². The summed E-state index contributed by atoms with van der Waals surface area (Å²) in [5, 5.41) is 9.68. The van der Waals surface area contributed by atoms with Gasteiger partial charge in [-0.1, -0.05) is 18.2 Å². The Labute approximate surface area is 141 Å². The van der Waals surface area contributed by atoms with E-state index in [-0.39, 0.29) is 17.0 Å². The fourth-order valence-electron chi connectivity index (χ4n) is 2.18. The number of methoxy groups -OCH3 is 1. The Hall–Kier alpha value is -2.38. The Morgan fingerprint density at radius 3 is 2.21 bits per heavy atom. The van der Waals surface area contributed by atoms with Gasteiger partial charge in [-0.25, -0.2) is 13.2 Å². The van der Waals surface area contributed by atoms with Crippen molar-refractivity contribution >= 4 is 21.7 Å². The summed E-state index contributed by atoms with van der Waals surface area (Å²) in [6, 6.07) is 14.0. The van der Waals surface area contributed by atoms with Crippen LogP contribution in [0.4, 0.5) is 5.69 Å².